The van der Waals surface area contributed by atoms with Crippen LogP contribution in [0.1, 0.15) is 0 Å². The smallest absolute Gasteiger partial charge is 0.178 e. The van der Waals surface area contributed by atoms with Crippen molar-refractivity contribution in [1.82, 2.24) is 23.9 Å². The molecule has 8 aromatic carbocycles. The van der Waals surface area contributed by atoms with E-state index in [0.29, 0.717) is 5.65 Å². The van der Waals surface area contributed by atoms with E-state index in [0.717, 1.165) is 33.7 Å². The van der Waals surface area contributed by atoms with E-state index in [1.54, 1.807) is 6.20 Å². The zero-order chi connectivity index (χ0) is 36.5. The molecule has 5 heterocycles. The van der Waals surface area contributed by atoms with E-state index >= 15 is 0 Å². The van der Waals surface area contributed by atoms with Gasteiger partial charge in [0.05, 0.1) is 39.0 Å². The lowest BCUT2D eigenvalue weighted by molar-refractivity contribution is 1.18. The van der Waals surface area contributed by atoms with E-state index in [2.05, 4.69) is 153 Å². The summed E-state index contributed by atoms with van der Waals surface area (Å²) in [4.78, 5) is 14.7. The van der Waals surface area contributed by atoms with Gasteiger partial charge < -0.3 is 8.97 Å². The summed E-state index contributed by atoms with van der Waals surface area (Å²) >= 11 is 0. The van der Waals surface area contributed by atoms with Crippen LogP contribution in [-0.2, 0) is 0 Å². The molecule has 0 aliphatic carbocycles. The summed E-state index contributed by atoms with van der Waals surface area (Å²) in [6.07, 6.45) is 1.78. The molecule has 5 aromatic heterocycles. The topological polar surface area (TPSA) is 48.0 Å². The zero-order valence-electron chi connectivity index (χ0n) is 30.0. The Bertz CT molecular complexity index is 3750. The minimum absolute atomic E-state index is 0.634. The standard InChI is InChI=1S/C51H29N5/c1-2-12-30(13-3-1)46-47(54-51-41(53-46)21-11-27-52-51)31-23-25-34(26-24-31)55-42-22-9-8-18-38(42)45-49(55)36-17-7-6-16-35(36)44-39-20-10-19-37-40-28-32-14-4-5-15-33(32)29-43(40)56(48(37)39)50(44)45/h1-29H. The third-order valence-electron chi connectivity index (χ3n) is 11.8. The molecule has 0 radical (unpaired) electrons. The van der Waals surface area contributed by atoms with Crippen LogP contribution in [0.15, 0.2) is 176 Å². The number of rotatable bonds is 3. The van der Waals surface area contributed by atoms with E-state index in [9.17, 15) is 0 Å². The first kappa shape index (κ1) is 29.8. The predicted octanol–water partition coefficient (Wildman–Crippen LogP) is 12.9. The second-order valence-electron chi connectivity index (χ2n) is 14.8. The second kappa shape index (κ2) is 11.0. The van der Waals surface area contributed by atoms with Crippen LogP contribution in [0.3, 0.4) is 0 Å². The zero-order valence-corrected chi connectivity index (χ0v) is 30.0. The average Bonchev–Trinajstić information content (AvgIpc) is 3.91. The van der Waals surface area contributed by atoms with Gasteiger partial charge in [-0.3, -0.25) is 0 Å². The van der Waals surface area contributed by atoms with Gasteiger partial charge in [-0.05, 0) is 58.6 Å². The van der Waals surface area contributed by atoms with Gasteiger partial charge in [0.15, 0.2) is 5.65 Å². The first-order chi connectivity index (χ1) is 27.8. The molecule has 0 unspecified atom stereocenters. The maximum atomic E-state index is 5.09. The Kier molecular flexibility index (Phi) is 5.83. The van der Waals surface area contributed by atoms with Crippen molar-refractivity contribution in [1.29, 1.82) is 0 Å². The Labute approximate surface area is 319 Å². The third kappa shape index (κ3) is 3.90. The first-order valence-electron chi connectivity index (χ1n) is 19.0. The molecule has 0 aliphatic heterocycles. The van der Waals surface area contributed by atoms with Crippen molar-refractivity contribution in [2.45, 2.75) is 0 Å². The van der Waals surface area contributed by atoms with Crippen molar-refractivity contribution in [3.63, 3.8) is 0 Å². The highest BCUT2D eigenvalue weighted by atomic mass is 15.0. The van der Waals surface area contributed by atoms with Gasteiger partial charge in [-0.2, -0.15) is 0 Å². The summed E-state index contributed by atoms with van der Waals surface area (Å²) in [7, 11) is 0. The molecule has 0 bridgehead atoms. The molecule has 56 heavy (non-hydrogen) atoms. The fraction of sp³-hybridized carbons (Fsp3) is 0. The summed E-state index contributed by atoms with van der Waals surface area (Å²) in [5.74, 6) is 0. The van der Waals surface area contributed by atoms with Gasteiger partial charge in [0.2, 0.25) is 0 Å². The Morgan fingerprint density at radius 1 is 0.393 bits per heavy atom. The Balaban J connectivity index is 1.14. The number of nitrogens with zero attached hydrogens (tertiary/aromatic N) is 5. The highest BCUT2D eigenvalue weighted by Crippen LogP contribution is 2.49. The van der Waals surface area contributed by atoms with Gasteiger partial charge in [-0.25, -0.2) is 15.0 Å². The molecule has 0 amide bonds. The van der Waals surface area contributed by atoms with Crippen molar-refractivity contribution in [3.8, 4) is 28.2 Å². The van der Waals surface area contributed by atoms with Gasteiger partial charge in [0.25, 0.3) is 0 Å². The number of fused-ring (bicyclic) bond motifs is 15. The van der Waals surface area contributed by atoms with Crippen LogP contribution < -0.4 is 0 Å². The Hall–Kier alpha value is -7.63. The average molecular weight is 712 g/mol. The number of benzene rings is 8. The maximum Gasteiger partial charge on any atom is 0.178 e. The lowest BCUT2D eigenvalue weighted by Crippen LogP contribution is -1.98. The molecule has 0 fully saturated rings. The molecule has 13 rings (SSSR count). The monoisotopic (exact) mass is 711 g/mol. The maximum absolute atomic E-state index is 5.09. The minimum atomic E-state index is 0.634. The number of aromatic nitrogens is 5. The van der Waals surface area contributed by atoms with Crippen LogP contribution in [-0.4, -0.2) is 23.9 Å². The van der Waals surface area contributed by atoms with Gasteiger partial charge in [-0.1, -0.05) is 127 Å². The number of hydrogen-bond acceptors (Lipinski definition) is 3. The normalized spacial score (nSPS) is 12.3. The minimum Gasteiger partial charge on any atom is -0.309 e. The van der Waals surface area contributed by atoms with E-state index < -0.39 is 0 Å². The van der Waals surface area contributed by atoms with Crippen molar-refractivity contribution in [3.05, 3.63) is 176 Å². The van der Waals surface area contributed by atoms with Gasteiger partial charge >= 0.3 is 0 Å². The van der Waals surface area contributed by atoms with E-state index in [1.165, 1.54) is 81.4 Å². The number of para-hydroxylation sites is 2. The van der Waals surface area contributed by atoms with Crippen molar-refractivity contribution < 1.29 is 0 Å². The van der Waals surface area contributed by atoms with Crippen LogP contribution in [0.5, 0.6) is 0 Å². The van der Waals surface area contributed by atoms with Crippen molar-refractivity contribution in [2.24, 2.45) is 0 Å². The molecule has 0 aliphatic rings. The van der Waals surface area contributed by atoms with Crippen LogP contribution in [0, 0.1) is 0 Å². The molecule has 0 spiro atoms. The summed E-state index contributed by atoms with van der Waals surface area (Å²) < 4.78 is 5.03. The van der Waals surface area contributed by atoms with Crippen LogP contribution in [0.25, 0.3) is 121 Å². The predicted molar refractivity (Wildman–Crippen MR) is 232 cm³/mol. The number of hydrogen-bond donors (Lipinski definition) is 0. The largest absolute Gasteiger partial charge is 0.309 e. The first-order valence-corrected chi connectivity index (χ1v) is 19.0. The summed E-state index contributed by atoms with van der Waals surface area (Å²) in [6.45, 7) is 0. The second-order valence-corrected chi connectivity index (χ2v) is 14.8. The molecule has 5 nitrogen and oxygen atoms in total. The summed E-state index contributed by atoms with van der Waals surface area (Å²) in [6, 6.07) is 61.2. The van der Waals surface area contributed by atoms with Crippen molar-refractivity contribution in [2.75, 3.05) is 0 Å². The Morgan fingerprint density at radius 3 is 1.91 bits per heavy atom. The quantitative estimate of drug-likeness (QED) is 0.183. The molecule has 0 saturated carbocycles. The molecule has 0 saturated heterocycles. The van der Waals surface area contributed by atoms with Crippen LogP contribution in [0.2, 0.25) is 0 Å². The van der Waals surface area contributed by atoms with Gasteiger partial charge in [0, 0.05) is 60.7 Å². The number of pyridine rings is 1. The fourth-order valence-corrected chi connectivity index (χ4v) is 9.51. The molecular formula is C51H29N5. The van der Waals surface area contributed by atoms with E-state index in [-0.39, 0.29) is 0 Å². The van der Waals surface area contributed by atoms with Crippen LogP contribution in [0.4, 0.5) is 0 Å². The lowest BCUT2D eigenvalue weighted by atomic mass is 9.98. The summed E-state index contributed by atoms with van der Waals surface area (Å²) in [5, 5.41) is 12.7. The highest BCUT2D eigenvalue weighted by molar-refractivity contribution is 6.39. The molecule has 5 heteroatoms. The molecule has 0 N–H and O–H groups in total. The van der Waals surface area contributed by atoms with E-state index in [4.69, 9.17) is 9.97 Å². The van der Waals surface area contributed by atoms with Gasteiger partial charge in [-0.15, -0.1) is 0 Å². The summed E-state index contributed by atoms with van der Waals surface area (Å²) in [5.41, 5.74) is 12.3. The van der Waals surface area contributed by atoms with Crippen molar-refractivity contribution >= 4 is 92.6 Å². The molecule has 0 atom stereocenters. The Morgan fingerprint density at radius 2 is 1.05 bits per heavy atom. The highest BCUT2D eigenvalue weighted by Gasteiger charge is 2.26. The van der Waals surface area contributed by atoms with Crippen LogP contribution >= 0.6 is 0 Å². The molecular weight excluding hydrogens is 683 g/mol. The van der Waals surface area contributed by atoms with Gasteiger partial charge in [0.1, 0.15) is 5.52 Å². The molecule has 258 valence electrons. The van der Waals surface area contributed by atoms with E-state index in [1.807, 2.05) is 30.3 Å². The SMILES string of the molecule is c1ccc(-c2nc3cccnc3nc2-c2ccc(-n3c4ccccc4c4c3c3ccccc3c3c5cccc6c7cc8ccccc8cc7n(c65)c34)cc2)cc1. The fourth-order valence-electron chi connectivity index (χ4n) is 9.51. The third-order valence-corrected chi connectivity index (χ3v) is 11.8. The lowest BCUT2D eigenvalue weighted by Gasteiger charge is -2.13. The molecule has 13 aromatic rings.